The van der Waals surface area contributed by atoms with Gasteiger partial charge in [0, 0.05) is 18.8 Å². The molecular weight excluding hydrogens is 231 g/mol. The number of aryl methyl sites for hydroxylation is 1. The highest BCUT2D eigenvalue weighted by atomic mass is 19.4. The molecule has 0 radical (unpaired) electrons. The molecule has 1 heterocycles. The van der Waals surface area contributed by atoms with Crippen molar-refractivity contribution in [1.82, 2.24) is 0 Å². The Bertz CT molecular complexity index is 417. The Balaban J connectivity index is 2.26. The van der Waals surface area contributed by atoms with E-state index >= 15 is 0 Å². The van der Waals surface area contributed by atoms with Gasteiger partial charge in [-0.05, 0) is 43.5 Å². The molecule has 1 aliphatic heterocycles. The first-order chi connectivity index (χ1) is 7.87. The highest BCUT2D eigenvalue weighted by Gasteiger charge is 2.31. The van der Waals surface area contributed by atoms with Gasteiger partial charge >= 0.3 is 6.36 Å². The Kier molecular flexibility index (Phi) is 2.93. The molecule has 0 aromatic heterocycles. The van der Waals surface area contributed by atoms with Crippen LogP contribution in [0.5, 0.6) is 5.75 Å². The standard InChI is InChI=1S/C12H14F3NO/c1-8-3-4-9-7-10(17-12(13,14)15)5-6-11(9)16(8)2/h5-8H,3-4H2,1-2H3. The lowest BCUT2D eigenvalue weighted by molar-refractivity contribution is -0.274. The third-order valence-electron chi connectivity index (χ3n) is 3.16. The van der Waals surface area contributed by atoms with E-state index in [1.165, 1.54) is 12.1 Å². The first-order valence-electron chi connectivity index (χ1n) is 5.48. The molecule has 17 heavy (non-hydrogen) atoms. The lowest BCUT2D eigenvalue weighted by Gasteiger charge is -2.34. The van der Waals surface area contributed by atoms with Gasteiger partial charge in [-0.25, -0.2) is 0 Å². The van der Waals surface area contributed by atoms with Crippen molar-refractivity contribution in [3.05, 3.63) is 23.8 Å². The van der Waals surface area contributed by atoms with Crippen LogP contribution in [0.25, 0.3) is 0 Å². The minimum atomic E-state index is -4.62. The summed E-state index contributed by atoms with van der Waals surface area (Å²) < 4.78 is 40.1. The van der Waals surface area contributed by atoms with Crippen LogP contribution in [-0.4, -0.2) is 19.5 Å². The molecule has 0 saturated heterocycles. The van der Waals surface area contributed by atoms with Crippen LogP contribution >= 0.6 is 0 Å². The SMILES string of the molecule is CC1CCc2cc(OC(F)(F)F)ccc2N1C. The van der Waals surface area contributed by atoms with Crippen LogP contribution in [0, 0.1) is 0 Å². The van der Waals surface area contributed by atoms with Crippen LogP contribution in [0.15, 0.2) is 18.2 Å². The summed E-state index contributed by atoms with van der Waals surface area (Å²) in [5.41, 5.74) is 1.89. The van der Waals surface area contributed by atoms with Crippen molar-refractivity contribution in [2.75, 3.05) is 11.9 Å². The summed E-state index contributed by atoms with van der Waals surface area (Å²) >= 11 is 0. The minimum absolute atomic E-state index is 0.140. The van der Waals surface area contributed by atoms with Crippen LogP contribution in [0.1, 0.15) is 18.9 Å². The van der Waals surface area contributed by atoms with Crippen molar-refractivity contribution in [3.63, 3.8) is 0 Å². The van der Waals surface area contributed by atoms with Gasteiger partial charge in [0.2, 0.25) is 0 Å². The number of rotatable bonds is 1. The Morgan fingerprint density at radius 1 is 1.35 bits per heavy atom. The number of alkyl halides is 3. The first kappa shape index (κ1) is 12.1. The zero-order valence-electron chi connectivity index (χ0n) is 9.71. The molecule has 2 nitrogen and oxygen atoms in total. The molecular formula is C12H14F3NO. The molecule has 0 N–H and O–H groups in total. The van der Waals surface area contributed by atoms with E-state index < -0.39 is 6.36 Å². The second-order valence-corrected chi connectivity index (χ2v) is 4.34. The zero-order chi connectivity index (χ0) is 12.6. The quantitative estimate of drug-likeness (QED) is 0.752. The third kappa shape index (κ3) is 2.65. The second-order valence-electron chi connectivity index (χ2n) is 4.34. The first-order valence-corrected chi connectivity index (χ1v) is 5.48. The highest BCUT2D eigenvalue weighted by Crippen LogP contribution is 2.33. The third-order valence-corrected chi connectivity index (χ3v) is 3.16. The molecule has 0 fully saturated rings. The van der Waals surface area contributed by atoms with Crippen molar-refractivity contribution >= 4 is 5.69 Å². The van der Waals surface area contributed by atoms with Crippen molar-refractivity contribution in [2.45, 2.75) is 32.2 Å². The number of hydrogen-bond acceptors (Lipinski definition) is 2. The maximum Gasteiger partial charge on any atom is 0.573 e. The molecule has 0 saturated carbocycles. The molecule has 1 atom stereocenters. The molecule has 94 valence electrons. The summed E-state index contributed by atoms with van der Waals surface area (Å²) in [7, 11) is 1.95. The molecule has 1 unspecified atom stereocenters. The fourth-order valence-corrected chi connectivity index (χ4v) is 2.10. The molecule has 5 heteroatoms. The van der Waals surface area contributed by atoms with Crippen LogP contribution in [-0.2, 0) is 6.42 Å². The van der Waals surface area contributed by atoms with Crippen molar-refractivity contribution in [1.29, 1.82) is 0 Å². The fraction of sp³-hybridized carbons (Fsp3) is 0.500. The van der Waals surface area contributed by atoms with Crippen LogP contribution < -0.4 is 9.64 Å². The number of benzene rings is 1. The van der Waals surface area contributed by atoms with E-state index in [4.69, 9.17) is 0 Å². The molecule has 0 amide bonds. The molecule has 0 aliphatic carbocycles. The predicted octanol–water partition coefficient (Wildman–Crippen LogP) is 3.36. The zero-order valence-corrected chi connectivity index (χ0v) is 9.71. The molecule has 0 spiro atoms. The number of nitrogens with zero attached hydrogens (tertiary/aromatic N) is 1. The van der Waals surface area contributed by atoms with Gasteiger partial charge < -0.3 is 9.64 Å². The lowest BCUT2D eigenvalue weighted by Crippen LogP contribution is -2.33. The van der Waals surface area contributed by atoms with Crippen molar-refractivity contribution < 1.29 is 17.9 Å². The molecule has 2 rings (SSSR count). The van der Waals surface area contributed by atoms with Crippen LogP contribution in [0.2, 0.25) is 0 Å². The fourth-order valence-electron chi connectivity index (χ4n) is 2.10. The van der Waals surface area contributed by atoms with Crippen LogP contribution in [0.3, 0.4) is 0 Å². The van der Waals surface area contributed by atoms with Crippen LogP contribution in [0.4, 0.5) is 18.9 Å². The van der Waals surface area contributed by atoms with E-state index in [0.29, 0.717) is 6.04 Å². The molecule has 0 bridgehead atoms. The number of ether oxygens (including phenoxy) is 1. The maximum absolute atomic E-state index is 12.1. The van der Waals surface area contributed by atoms with E-state index in [0.717, 1.165) is 24.1 Å². The van der Waals surface area contributed by atoms with Gasteiger partial charge in [-0.3, -0.25) is 0 Å². The summed E-state index contributed by atoms with van der Waals surface area (Å²) in [6, 6.07) is 4.94. The number of fused-ring (bicyclic) bond motifs is 1. The molecule has 1 aromatic carbocycles. The maximum atomic E-state index is 12.1. The minimum Gasteiger partial charge on any atom is -0.406 e. The second kappa shape index (κ2) is 4.13. The molecule has 1 aromatic rings. The van der Waals surface area contributed by atoms with E-state index in [1.54, 1.807) is 6.07 Å². The normalized spacial score (nSPS) is 20.1. The monoisotopic (exact) mass is 245 g/mol. The summed E-state index contributed by atoms with van der Waals surface area (Å²) in [5, 5.41) is 0. The van der Waals surface area contributed by atoms with Crippen molar-refractivity contribution in [3.8, 4) is 5.75 Å². The van der Waals surface area contributed by atoms with Crippen molar-refractivity contribution in [2.24, 2.45) is 0 Å². The summed E-state index contributed by atoms with van der Waals surface area (Å²) in [5.74, 6) is -0.140. The highest BCUT2D eigenvalue weighted by molar-refractivity contribution is 5.58. The van der Waals surface area contributed by atoms with Gasteiger partial charge in [0.1, 0.15) is 5.75 Å². The Labute approximate surface area is 98.0 Å². The van der Waals surface area contributed by atoms with Gasteiger partial charge in [-0.1, -0.05) is 0 Å². The van der Waals surface area contributed by atoms with Gasteiger partial charge in [-0.2, -0.15) is 0 Å². The van der Waals surface area contributed by atoms with E-state index in [9.17, 15) is 13.2 Å². The number of anilines is 1. The topological polar surface area (TPSA) is 12.5 Å². The van der Waals surface area contributed by atoms with E-state index in [2.05, 4.69) is 16.6 Å². The van der Waals surface area contributed by atoms with Gasteiger partial charge in [0.15, 0.2) is 0 Å². The number of hydrogen-bond donors (Lipinski definition) is 0. The number of halogens is 3. The summed E-state index contributed by atoms with van der Waals surface area (Å²) in [6.45, 7) is 2.10. The summed E-state index contributed by atoms with van der Waals surface area (Å²) in [6.07, 6.45) is -2.89. The Morgan fingerprint density at radius 3 is 2.71 bits per heavy atom. The predicted molar refractivity (Wildman–Crippen MR) is 59.3 cm³/mol. The summed E-state index contributed by atoms with van der Waals surface area (Å²) in [4.78, 5) is 2.08. The molecule has 1 aliphatic rings. The average molecular weight is 245 g/mol. The lowest BCUT2D eigenvalue weighted by atomic mass is 9.97. The smallest absolute Gasteiger partial charge is 0.406 e. The van der Waals surface area contributed by atoms with Gasteiger partial charge in [0.25, 0.3) is 0 Å². The Hall–Kier alpha value is -1.39. The van der Waals surface area contributed by atoms with E-state index in [1.807, 2.05) is 7.05 Å². The van der Waals surface area contributed by atoms with Gasteiger partial charge in [-0.15, -0.1) is 13.2 Å². The Morgan fingerprint density at radius 2 is 2.06 bits per heavy atom. The average Bonchev–Trinajstić information content (AvgIpc) is 2.21. The largest absolute Gasteiger partial charge is 0.573 e. The van der Waals surface area contributed by atoms with Gasteiger partial charge in [0.05, 0.1) is 0 Å². The van der Waals surface area contributed by atoms with E-state index in [-0.39, 0.29) is 5.75 Å².